The van der Waals surface area contributed by atoms with E-state index in [1.54, 1.807) is 11.8 Å². The summed E-state index contributed by atoms with van der Waals surface area (Å²) in [6.45, 7) is 1.92. The first-order valence-corrected chi connectivity index (χ1v) is 6.39. The lowest BCUT2D eigenvalue weighted by atomic mass is 10.4. The van der Waals surface area contributed by atoms with Crippen LogP contribution in [0.1, 0.15) is 26.2 Å². The lowest BCUT2D eigenvalue weighted by molar-refractivity contribution is -0.143. The summed E-state index contributed by atoms with van der Waals surface area (Å²) >= 11 is 1.58. The van der Waals surface area contributed by atoms with Crippen LogP contribution in [0.4, 0.5) is 0 Å². The molecule has 0 spiro atoms. The molecular formula is C10H17NO3S. The van der Waals surface area contributed by atoms with Crippen molar-refractivity contribution in [2.24, 2.45) is 0 Å². The Bertz CT molecular complexity index is 241. The van der Waals surface area contributed by atoms with Crippen LogP contribution in [0, 0.1) is 0 Å². The summed E-state index contributed by atoms with van der Waals surface area (Å²) < 4.78 is 0. The Labute approximate surface area is 94.0 Å². The molecule has 1 aliphatic rings. The molecule has 1 N–H and O–H groups in total. The summed E-state index contributed by atoms with van der Waals surface area (Å²) in [5, 5.41) is 8.68. The minimum atomic E-state index is -0.921. The topological polar surface area (TPSA) is 57.6 Å². The van der Waals surface area contributed by atoms with Crippen LogP contribution in [0.3, 0.4) is 0 Å². The molecule has 1 amide bonds. The van der Waals surface area contributed by atoms with Gasteiger partial charge in [-0.05, 0) is 25.0 Å². The quantitative estimate of drug-likeness (QED) is 0.669. The minimum absolute atomic E-state index is 0.0293. The van der Waals surface area contributed by atoms with Crippen LogP contribution in [-0.2, 0) is 9.59 Å². The Balaban J connectivity index is 2.34. The third-order valence-electron chi connectivity index (χ3n) is 2.19. The second-order valence-electron chi connectivity index (χ2n) is 3.70. The molecule has 1 rings (SSSR count). The lowest BCUT2D eigenvalue weighted by Crippen LogP contribution is -2.38. The predicted octanol–water partition coefficient (Wildman–Crippen LogP) is 1.21. The van der Waals surface area contributed by atoms with E-state index in [4.69, 9.17) is 5.11 Å². The molecule has 15 heavy (non-hydrogen) atoms. The third kappa shape index (κ3) is 4.55. The maximum Gasteiger partial charge on any atom is 0.323 e. The van der Waals surface area contributed by atoms with E-state index in [1.165, 1.54) is 4.90 Å². The van der Waals surface area contributed by atoms with Gasteiger partial charge in [0.25, 0.3) is 0 Å². The molecular weight excluding hydrogens is 214 g/mol. The normalized spacial score (nSPS) is 15.0. The fraction of sp³-hybridized carbons (Fsp3) is 0.800. The summed E-state index contributed by atoms with van der Waals surface area (Å²) in [5.74, 6) is 0.420. The lowest BCUT2D eigenvalue weighted by Gasteiger charge is -2.19. The fourth-order valence-electron chi connectivity index (χ4n) is 1.34. The summed E-state index contributed by atoms with van der Waals surface area (Å²) in [5.41, 5.74) is 0. The van der Waals surface area contributed by atoms with Gasteiger partial charge in [0.05, 0.1) is 5.75 Å². The summed E-state index contributed by atoms with van der Waals surface area (Å²) in [6.07, 6.45) is 2.95. The van der Waals surface area contributed by atoms with Gasteiger partial charge in [-0.25, -0.2) is 0 Å². The molecule has 4 nitrogen and oxygen atoms in total. The largest absolute Gasteiger partial charge is 0.480 e. The highest BCUT2D eigenvalue weighted by Gasteiger charge is 2.33. The molecule has 0 aliphatic heterocycles. The van der Waals surface area contributed by atoms with Gasteiger partial charge in [0, 0.05) is 6.04 Å². The minimum Gasteiger partial charge on any atom is -0.480 e. The van der Waals surface area contributed by atoms with Crippen molar-refractivity contribution >= 4 is 23.6 Å². The molecule has 1 saturated carbocycles. The van der Waals surface area contributed by atoms with Gasteiger partial charge in [-0.2, -0.15) is 11.8 Å². The van der Waals surface area contributed by atoms with Gasteiger partial charge in [-0.3, -0.25) is 9.59 Å². The average molecular weight is 231 g/mol. The van der Waals surface area contributed by atoms with Crippen LogP contribution >= 0.6 is 11.8 Å². The van der Waals surface area contributed by atoms with E-state index in [2.05, 4.69) is 6.92 Å². The van der Waals surface area contributed by atoms with Crippen molar-refractivity contribution in [1.29, 1.82) is 0 Å². The molecule has 0 atom stereocenters. The van der Waals surface area contributed by atoms with Crippen LogP contribution in [-0.4, -0.2) is 46.0 Å². The van der Waals surface area contributed by atoms with E-state index in [0.29, 0.717) is 5.75 Å². The predicted molar refractivity (Wildman–Crippen MR) is 60.0 cm³/mol. The average Bonchev–Trinajstić information content (AvgIpc) is 2.97. The molecule has 5 heteroatoms. The van der Waals surface area contributed by atoms with Crippen molar-refractivity contribution in [2.45, 2.75) is 32.2 Å². The molecule has 0 radical (unpaired) electrons. The summed E-state index contributed by atoms with van der Waals surface area (Å²) in [7, 11) is 0. The first-order chi connectivity index (χ1) is 7.15. The summed E-state index contributed by atoms with van der Waals surface area (Å²) in [4.78, 5) is 23.8. The van der Waals surface area contributed by atoms with Crippen LogP contribution in [0.15, 0.2) is 0 Å². The number of hydrogen-bond donors (Lipinski definition) is 1. The van der Waals surface area contributed by atoms with Crippen LogP contribution in [0.2, 0.25) is 0 Å². The smallest absolute Gasteiger partial charge is 0.323 e. The first kappa shape index (κ1) is 12.4. The van der Waals surface area contributed by atoms with E-state index in [1.807, 2.05) is 0 Å². The monoisotopic (exact) mass is 231 g/mol. The molecule has 86 valence electrons. The standard InChI is InChI=1S/C10H17NO3S/c1-2-5-15-7-9(12)11(6-10(13)14)8-3-4-8/h8H,2-7H2,1H3,(H,13,14). The van der Waals surface area contributed by atoms with Gasteiger partial charge in [-0.1, -0.05) is 6.92 Å². The van der Waals surface area contributed by atoms with Crippen molar-refractivity contribution in [3.63, 3.8) is 0 Å². The number of aliphatic carboxylic acids is 1. The Morgan fingerprint density at radius 2 is 2.13 bits per heavy atom. The molecule has 1 aliphatic carbocycles. The molecule has 0 heterocycles. The zero-order valence-corrected chi connectivity index (χ0v) is 9.76. The highest BCUT2D eigenvalue weighted by molar-refractivity contribution is 7.99. The molecule has 0 aromatic carbocycles. The highest BCUT2D eigenvalue weighted by atomic mass is 32.2. The highest BCUT2D eigenvalue weighted by Crippen LogP contribution is 2.27. The first-order valence-electron chi connectivity index (χ1n) is 5.24. The number of thioether (sulfide) groups is 1. The van der Waals surface area contributed by atoms with Gasteiger partial charge in [0.1, 0.15) is 6.54 Å². The number of carboxylic acid groups (broad SMARTS) is 1. The Morgan fingerprint density at radius 3 is 2.60 bits per heavy atom. The number of rotatable bonds is 7. The van der Waals surface area contributed by atoms with E-state index >= 15 is 0 Å². The molecule has 0 aromatic rings. The second kappa shape index (κ2) is 6.00. The van der Waals surface area contributed by atoms with Crippen molar-refractivity contribution in [1.82, 2.24) is 4.90 Å². The van der Waals surface area contributed by atoms with E-state index in [-0.39, 0.29) is 18.5 Å². The Morgan fingerprint density at radius 1 is 1.47 bits per heavy atom. The van der Waals surface area contributed by atoms with Crippen molar-refractivity contribution < 1.29 is 14.7 Å². The zero-order valence-electron chi connectivity index (χ0n) is 8.94. The van der Waals surface area contributed by atoms with Gasteiger partial charge in [0.2, 0.25) is 5.91 Å². The van der Waals surface area contributed by atoms with Gasteiger partial charge in [-0.15, -0.1) is 0 Å². The Kier molecular flexibility index (Phi) is 4.94. The maximum absolute atomic E-state index is 11.7. The van der Waals surface area contributed by atoms with E-state index < -0.39 is 5.97 Å². The van der Waals surface area contributed by atoms with Crippen LogP contribution in [0.25, 0.3) is 0 Å². The second-order valence-corrected chi connectivity index (χ2v) is 4.80. The number of carboxylic acids is 1. The number of hydrogen-bond acceptors (Lipinski definition) is 3. The molecule has 0 bridgehead atoms. The van der Waals surface area contributed by atoms with Gasteiger partial charge in [0.15, 0.2) is 0 Å². The maximum atomic E-state index is 11.7. The molecule has 1 fully saturated rings. The van der Waals surface area contributed by atoms with E-state index in [0.717, 1.165) is 25.0 Å². The number of carbonyl (C=O) groups excluding carboxylic acids is 1. The van der Waals surface area contributed by atoms with Gasteiger partial charge < -0.3 is 10.0 Å². The van der Waals surface area contributed by atoms with E-state index in [9.17, 15) is 9.59 Å². The van der Waals surface area contributed by atoms with Crippen molar-refractivity contribution in [3.05, 3.63) is 0 Å². The van der Waals surface area contributed by atoms with Gasteiger partial charge >= 0.3 is 5.97 Å². The van der Waals surface area contributed by atoms with Crippen LogP contribution < -0.4 is 0 Å². The summed E-state index contributed by atoms with van der Waals surface area (Å²) in [6, 6.07) is 0.191. The van der Waals surface area contributed by atoms with Crippen molar-refractivity contribution in [3.8, 4) is 0 Å². The van der Waals surface area contributed by atoms with Crippen LogP contribution in [0.5, 0.6) is 0 Å². The van der Waals surface area contributed by atoms with Crippen molar-refractivity contribution in [2.75, 3.05) is 18.1 Å². The zero-order chi connectivity index (χ0) is 11.3. The number of carbonyl (C=O) groups is 2. The molecule has 0 aromatic heterocycles. The molecule has 0 saturated heterocycles. The molecule has 0 unspecified atom stereocenters. The SMILES string of the molecule is CCCSCC(=O)N(CC(=O)O)C1CC1. The number of nitrogens with zero attached hydrogens (tertiary/aromatic N) is 1. The Hall–Kier alpha value is -0.710. The number of amides is 1. The fourth-order valence-corrected chi connectivity index (χ4v) is 2.11. The third-order valence-corrected chi connectivity index (χ3v) is 3.34.